The van der Waals surface area contributed by atoms with Crippen LogP contribution in [-0.4, -0.2) is 96.7 Å². The van der Waals surface area contributed by atoms with Gasteiger partial charge >= 0.3 is 39.5 Å². The van der Waals surface area contributed by atoms with Gasteiger partial charge in [0, 0.05) is 25.7 Å². The number of carbonyl (C=O) groups is 4. The Hall–Kier alpha value is -1.94. The number of unbranched alkanes of at least 4 members (excludes halogenated alkanes) is 50. The van der Waals surface area contributed by atoms with Crippen LogP contribution in [0.2, 0.25) is 0 Å². The van der Waals surface area contributed by atoms with E-state index in [4.69, 9.17) is 37.0 Å². The molecule has 0 heterocycles. The number of ether oxygens (including phenoxy) is 4. The fraction of sp³-hybridized carbons (Fsp3) is 0.951. The highest BCUT2D eigenvalue weighted by atomic mass is 31.2. The van der Waals surface area contributed by atoms with Gasteiger partial charge in [-0.25, -0.2) is 9.13 Å². The summed E-state index contributed by atoms with van der Waals surface area (Å²) in [6, 6.07) is 0. The number of phosphoric ester groups is 2. The van der Waals surface area contributed by atoms with Crippen molar-refractivity contribution >= 4 is 39.5 Å². The van der Waals surface area contributed by atoms with E-state index in [2.05, 4.69) is 41.5 Å². The van der Waals surface area contributed by atoms with E-state index in [9.17, 15) is 43.2 Å². The minimum absolute atomic E-state index is 0.107. The van der Waals surface area contributed by atoms with E-state index in [1.807, 2.05) is 0 Å². The second-order valence-electron chi connectivity index (χ2n) is 30.2. The van der Waals surface area contributed by atoms with Crippen molar-refractivity contribution < 1.29 is 80.2 Å². The third kappa shape index (κ3) is 74.7. The van der Waals surface area contributed by atoms with Crippen LogP contribution in [0.1, 0.15) is 433 Å². The van der Waals surface area contributed by atoms with Crippen LogP contribution in [0.25, 0.3) is 0 Å². The molecule has 0 saturated carbocycles. The highest BCUT2D eigenvalue weighted by Crippen LogP contribution is 2.45. The van der Waals surface area contributed by atoms with Crippen LogP contribution < -0.4 is 0 Å². The smallest absolute Gasteiger partial charge is 0.462 e. The molecule has 0 aliphatic rings. The van der Waals surface area contributed by atoms with Gasteiger partial charge in [0.2, 0.25) is 0 Å². The molecule has 0 rings (SSSR count). The predicted molar refractivity (Wildman–Crippen MR) is 414 cm³/mol. The van der Waals surface area contributed by atoms with Gasteiger partial charge in [-0.1, -0.05) is 382 Å². The number of hydrogen-bond acceptors (Lipinski definition) is 15. The maximum Gasteiger partial charge on any atom is 0.472 e. The lowest BCUT2D eigenvalue weighted by molar-refractivity contribution is -0.161. The number of aliphatic hydroxyl groups is 1. The minimum atomic E-state index is -4.96. The summed E-state index contributed by atoms with van der Waals surface area (Å²) in [6.07, 6.45) is 64.0. The summed E-state index contributed by atoms with van der Waals surface area (Å²) >= 11 is 0. The molecule has 0 spiro atoms. The van der Waals surface area contributed by atoms with E-state index in [1.54, 1.807) is 0 Å². The molecule has 19 heteroatoms. The van der Waals surface area contributed by atoms with Crippen LogP contribution in [0.4, 0.5) is 0 Å². The van der Waals surface area contributed by atoms with Crippen molar-refractivity contribution in [2.75, 3.05) is 39.6 Å². The predicted octanol–water partition coefficient (Wildman–Crippen LogP) is 24.7. The van der Waals surface area contributed by atoms with Crippen LogP contribution >= 0.6 is 15.6 Å². The third-order valence-electron chi connectivity index (χ3n) is 19.6. The van der Waals surface area contributed by atoms with Crippen LogP contribution in [0.3, 0.4) is 0 Å². The summed E-state index contributed by atoms with van der Waals surface area (Å²) in [5.74, 6) is -0.580. The van der Waals surface area contributed by atoms with Crippen molar-refractivity contribution in [3.05, 3.63) is 0 Å². The van der Waals surface area contributed by atoms with Gasteiger partial charge in [-0.3, -0.25) is 37.3 Å². The van der Waals surface area contributed by atoms with Gasteiger partial charge in [-0.15, -0.1) is 0 Å². The van der Waals surface area contributed by atoms with Gasteiger partial charge < -0.3 is 33.8 Å². The number of phosphoric acid groups is 2. The van der Waals surface area contributed by atoms with Gasteiger partial charge in [-0.2, -0.15) is 0 Å². The second-order valence-corrected chi connectivity index (χ2v) is 33.1. The SMILES string of the molecule is CCCCCCCCCCCCCCCCCCCCCCCC(=O)O[C@H](COC(=O)CCCCCCCCCCCCCCCCC(C)CC)COP(=O)(O)OC[C@@H](O)COP(=O)(O)OC[C@@H](COC(=O)CCCCCCCCC(C)C)OC(=O)CCCCCCCCCCCCCCC. The summed E-state index contributed by atoms with van der Waals surface area (Å²) in [5.41, 5.74) is 0. The van der Waals surface area contributed by atoms with E-state index >= 15 is 0 Å². The summed E-state index contributed by atoms with van der Waals surface area (Å²) in [5, 5.41) is 10.6. The number of rotatable bonds is 81. The highest BCUT2D eigenvalue weighted by Gasteiger charge is 2.30. The van der Waals surface area contributed by atoms with E-state index < -0.39 is 97.5 Å². The van der Waals surface area contributed by atoms with Crippen molar-refractivity contribution in [1.29, 1.82) is 0 Å². The van der Waals surface area contributed by atoms with Gasteiger partial charge in [0.15, 0.2) is 12.2 Å². The Morgan fingerprint density at radius 2 is 0.505 bits per heavy atom. The topological polar surface area (TPSA) is 237 Å². The van der Waals surface area contributed by atoms with Crippen LogP contribution in [0.15, 0.2) is 0 Å². The molecular weight excluding hydrogens is 1320 g/mol. The lowest BCUT2D eigenvalue weighted by atomic mass is 9.99. The summed E-state index contributed by atoms with van der Waals surface area (Å²) in [4.78, 5) is 73.0. The molecule has 0 aliphatic carbocycles. The first-order chi connectivity index (χ1) is 48.9. The molecule has 0 aromatic carbocycles. The van der Waals surface area contributed by atoms with Crippen LogP contribution in [0.5, 0.6) is 0 Å². The Morgan fingerprint density at radius 3 is 0.752 bits per heavy atom. The molecule has 0 saturated heterocycles. The average Bonchev–Trinajstić information content (AvgIpc) is 0.932. The molecule has 17 nitrogen and oxygen atoms in total. The van der Waals surface area contributed by atoms with Crippen molar-refractivity contribution in [2.24, 2.45) is 11.8 Å². The van der Waals surface area contributed by atoms with Crippen LogP contribution in [-0.2, 0) is 65.4 Å². The fourth-order valence-electron chi connectivity index (χ4n) is 12.7. The zero-order valence-electron chi connectivity index (χ0n) is 66.2. The van der Waals surface area contributed by atoms with Gasteiger partial charge in [0.1, 0.15) is 19.3 Å². The lowest BCUT2D eigenvalue weighted by Crippen LogP contribution is -2.30. The van der Waals surface area contributed by atoms with Crippen molar-refractivity contribution in [1.82, 2.24) is 0 Å². The third-order valence-corrected chi connectivity index (χ3v) is 21.5. The molecule has 101 heavy (non-hydrogen) atoms. The quantitative estimate of drug-likeness (QED) is 0.0222. The Kier molecular flexibility index (Phi) is 72.2. The van der Waals surface area contributed by atoms with Gasteiger partial charge in [0.05, 0.1) is 26.4 Å². The molecule has 0 aliphatic heterocycles. The monoisotopic (exact) mass is 1480 g/mol. The van der Waals surface area contributed by atoms with Crippen molar-refractivity contribution in [2.45, 2.75) is 452 Å². The Balaban J connectivity index is 5.21. The van der Waals surface area contributed by atoms with Gasteiger partial charge in [0.25, 0.3) is 0 Å². The van der Waals surface area contributed by atoms with E-state index in [0.717, 1.165) is 102 Å². The van der Waals surface area contributed by atoms with E-state index in [0.29, 0.717) is 31.6 Å². The molecule has 0 amide bonds. The molecule has 3 unspecified atom stereocenters. The maximum absolute atomic E-state index is 13.1. The van der Waals surface area contributed by atoms with Crippen molar-refractivity contribution in [3.8, 4) is 0 Å². The number of aliphatic hydroxyl groups excluding tert-OH is 1. The van der Waals surface area contributed by atoms with E-state index in [1.165, 1.54) is 244 Å². The minimum Gasteiger partial charge on any atom is -0.462 e. The molecule has 3 N–H and O–H groups in total. The number of carbonyl (C=O) groups excluding carboxylic acids is 4. The maximum atomic E-state index is 13.1. The molecule has 600 valence electrons. The molecular formula is C82H160O17P2. The summed E-state index contributed by atoms with van der Waals surface area (Å²) < 4.78 is 68.7. The largest absolute Gasteiger partial charge is 0.472 e. The summed E-state index contributed by atoms with van der Waals surface area (Å²) in [7, 11) is -9.92. The standard InChI is InChI=1S/C82H160O17P2/c1-7-10-12-14-16-18-20-22-23-24-25-26-27-28-29-35-39-43-47-55-61-67-81(86)98-77(70-92-79(84)64-58-52-45-41-37-34-31-30-33-36-40-44-51-57-63-75(6)9-3)72-96-100(88,89)94-68-76(83)69-95-101(90,91)97-73-78(71-93-80(85)65-59-53-49-48-50-56-62-74(4)5)99-82(87)66-60-54-46-42-38-32-21-19-17-15-13-11-8-2/h74-78,83H,7-73H2,1-6H3,(H,88,89)(H,90,91)/t75?,76-,77-,78-/m1/s1. The Labute approximate surface area is 619 Å². The molecule has 0 aromatic rings. The first-order valence-electron chi connectivity index (χ1n) is 42.5. The molecule has 0 aromatic heterocycles. The molecule has 6 atom stereocenters. The zero-order valence-corrected chi connectivity index (χ0v) is 68.0. The summed E-state index contributed by atoms with van der Waals surface area (Å²) in [6.45, 7) is 9.61. The molecule has 0 fully saturated rings. The van der Waals surface area contributed by atoms with Crippen molar-refractivity contribution in [3.63, 3.8) is 0 Å². The second kappa shape index (κ2) is 73.6. The Morgan fingerprint density at radius 1 is 0.287 bits per heavy atom. The zero-order chi connectivity index (χ0) is 74.2. The van der Waals surface area contributed by atoms with E-state index in [-0.39, 0.29) is 25.7 Å². The fourth-order valence-corrected chi connectivity index (χ4v) is 14.3. The van der Waals surface area contributed by atoms with Crippen LogP contribution in [0, 0.1) is 11.8 Å². The Bertz CT molecular complexity index is 1940. The highest BCUT2D eigenvalue weighted by molar-refractivity contribution is 7.47. The lowest BCUT2D eigenvalue weighted by Gasteiger charge is -2.21. The molecule has 0 bridgehead atoms. The molecule has 0 radical (unpaired) electrons. The first-order valence-corrected chi connectivity index (χ1v) is 45.5. The van der Waals surface area contributed by atoms with Gasteiger partial charge in [-0.05, 0) is 37.5 Å². The average molecular weight is 1480 g/mol. The first kappa shape index (κ1) is 99.1. The normalized spacial score (nSPS) is 14.2. The number of esters is 4. The number of hydrogen-bond donors (Lipinski definition) is 3.